The lowest BCUT2D eigenvalue weighted by Gasteiger charge is -2.42. The maximum Gasteiger partial charge on any atom is 0.251 e. The molecule has 0 aromatic heterocycles. The summed E-state index contributed by atoms with van der Waals surface area (Å²) in [4.78, 5) is 12.8. The van der Waals surface area contributed by atoms with Gasteiger partial charge < -0.3 is 20.5 Å². The maximum atomic E-state index is 12.8. The van der Waals surface area contributed by atoms with Gasteiger partial charge in [0.15, 0.2) is 0 Å². The summed E-state index contributed by atoms with van der Waals surface area (Å²) in [7, 11) is 0. The SMILES string of the molecule is CC1(C)Oc2ccc(C(=O)NCCc3ccccc3)cc2[C@@H](NCc2ccccc2)[C@@H]1O. The van der Waals surface area contributed by atoms with Gasteiger partial charge in [0.25, 0.3) is 5.91 Å². The minimum Gasteiger partial charge on any atom is -0.485 e. The molecule has 0 fully saturated rings. The van der Waals surface area contributed by atoms with Crippen molar-refractivity contribution in [3.63, 3.8) is 0 Å². The number of carbonyl (C=O) groups excluding carboxylic acids is 1. The summed E-state index contributed by atoms with van der Waals surface area (Å²) < 4.78 is 6.07. The van der Waals surface area contributed by atoms with E-state index in [1.165, 1.54) is 5.56 Å². The second-order valence-corrected chi connectivity index (χ2v) is 8.74. The summed E-state index contributed by atoms with van der Waals surface area (Å²) in [5.74, 6) is 0.552. The van der Waals surface area contributed by atoms with Crippen molar-refractivity contribution in [1.82, 2.24) is 10.6 Å². The Balaban J connectivity index is 1.50. The van der Waals surface area contributed by atoms with Crippen LogP contribution >= 0.6 is 0 Å². The molecule has 0 aliphatic carbocycles. The molecule has 5 heteroatoms. The van der Waals surface area contributed by atoms with Crippen molar-refractivity contribution >= 4 is 5.91 Å². The zero-order chi connectivity index (χ0) is 22.6. The van der Waals surface area contributed by atoms with Crippen molar-refractivity contribution in [3.8, 4) is 5.75 Å². The van der Waals surface area contributed by atoms with Crippen molar-refractivity contribution < 1.29 is 14.6 Å². The Bertz CT molecular complexity index is 1050. The highest BCUT2D eigenvalue weighted by molar-refractivity contribution is 5.94. The van der Waals surface area contributed by atoms with E-state index < -0.39 is 11.7 Å². The van der Waals surface area contributed by atoms with Gasteiger partial charge in [-0.1, -0.05) is 60.7 Å². The molecule has 1 aliphatic rings. The highest BCUT2D eigenvalue weighted by Gasteiger charge is 2.42. The van der Waals surface area contributed by atoms with E-state index in [0.29, 0.717) is 24.4 Å². The van der Waals surface area contributed by atoms with E-state index in [1.54, 1.807) is 6.07 Å². The van der Waals surface area contributed by atoms with Gasteiger partial charge in [-0.25, -0.2) is 0 Å². The Morgan fingerprint density at radius 1 is 0.969 bits per heavy atom. The monoisotopic (exact) mass is 430 g/mol. The molecule has 3 aromatic rings. The van der Waals surface area contributed by atoms with Gasteiger partial charge in [-0.05, 0) is 49.6 Å². The molecule has 166 valence electrons. The molecule has 0 spiro atoms. The second kappa shape index (κ2) is 9.55. The lowest BCUT2D eigenvalue weighted by Crippen LogP contribution is -2.52. The van der Waals surface area contributed by atoms with E-state index in [4.69, 9.17) is 4.74 Å². The third-order valence-corrected chi connectivity index (χ3v) is 5.92. The topological polar surface area (TPSA) is 70.6 Å². The van der Waals surface area contributed by atoms with E-state index in [0.717, 1.165) is 17.5 Å². The Labute approximate surface area is 189 Å². The molecule has 4 rings (SSSR count). The fraction of sp³-hybridized carbons (Fsp3) is 0.296. The van der Waals surface area contributed by atoms with Gasteiger partial charge >= 0.3 is 0 Å². The molecule has 0 radical (unpaired) electrons. The van der Waals surface area contributed by atoms with Crippen molar-refractivity contribution in [2.24, 2.45) is 0 Å². The predicted octanol–water partition coefficient (Wildman–Crippen LogP) is 4.02. The van der Waals surface area contributed by atoms with E-state index in [2.05, 4.69) is 22.8 Å². The Hall–Kier alpha value is -3.15. The average Bonchev–Trinajstić information content (AvgIpc) is 2.80. The summed E-state index contributed by atoms with van der Waals surface area (Å²) >= 11 is 0. The summed E-state index contributed by atoms with van der Waals surface area (Å²) in [6.07, 6.45) is 0.00419. The number of hydrogen-bond donors (Lipinski definition) is 3. The third kappa shape index (κ3) is 5.01. The molecule has 2 atom stereocenters. The Kier molecular flexibility index (Phi) is 6.58. The fourth-order valence-electron chi connectivity index (χ4n) is 4.05. The van der Waals surface area contributed by atoms with Gasteiger partial charge in [-0.15, -0.1) is 0 Å². The Morgan fingerprint density at radius 2 is 1.62 bits per heavy atom. The molecule has 0 saturated heterocycles. The van der Waals surface area contributed by atoms with Crippen LogP contribution in [0.25, 0.3) is 0 Å². The number of benzene rings is 3. The molecule has 1 heterocycles. The lowest BCUT2D eigenvalue weighted by molar-refractivity contribution is -0.0649. The highest BCUT2D eigenvalue weighted by atomic mass is 16.5. The van der Waals surface area contributed by atoms with Crippen LogP contribution in [0.3, 0.4) is 0 Å². The number of aliphatic hydroxyl groups is 1. The smallest absolute Gasteiger partial charge is 0.251 e. The number of hydrogen-bond acceptors (Lipinski definition) is 4. The summed E-state index contributed by atoms with van der Waals surface area (Å²) in [6, 6.07) is 25.2. The van der Waals surface area contributed by atoms with Crippen molar-refractivity contribution in [2.45, 2.75) is 44.6 Å². The van der Waals surface area contributed by atoms with Crippen LogP contribution in [0.4, 0.5) is 0 Å². The molecule has 3 N–H and O–H groups in total. The van der Waals surface area contributed by atoms with Crippen LogP contribution in [0.5, 0.6) is 5.75 Å². The summed E-state index contributed by atoms with van der Waals surface area (Å²) in [5, 5.41) is 17.5. The molecule has 1 aliphatic heterocycles. The van der Waals surface area contributed by atoms with Crippen LogP contribution < -0.4 is 15.4 Å². The van der Waals surface area contributed by atoms with Gasteiger partial charge in [0.2, 0.25) is 0 Å². The average molecular weight is 431 g/mol. The van der Waals surface area contributed by atoms with Crippen LogP contribution in [-0.2, 0) is 13.0 Å². The molecule has 0 unspecified atom stereocenters. The van der Waals surface area contributed by atoms with Crippen LogP contribution in [0.15, 0.2) is 78.9 Å². The molecule has 0 bridgehead atoms. The molecule has 0 saturated carbocycles. The van der Waals surface area contributed by atoms with Crippen LogP contribution in [0.1, 0.15) is 46.9 Å². The molecule has 5 nitrogen and oxygen atoms in total. The zero-order valence-corrected chi connectivity index (χ0v) is 18.5. The largest absolute Gasteiger partial charge is 0.485 e. The second-order valence-electron chi connectivity index (χ2n) is 8.74. The number of ether oxygens (including phenoxy) is 1. The summed E-state index contributed by atoms with van der Waals surface area (Å²) in [6.45, 7) is 4.91. The van der Waals surface area contributed by atoms with Crippen LogP contribution in [0.2, 0.25) is 0 Å². The van der Waals surface area contributed by atoms with E-state index in [1.807, 2.05) is 74.5 Å². The van der Waals surface area contributed by atoms with Crippen molar-refractivity contribution in [2.75, 3.05) is 6.54 Å². The molecular weight excluding hydrogens is 400 g/mol. The minimum atomic E-state index is -0.768. The zero-order valence-electron chi connectivity index (χ0n) is 18.5. The fourth-order valence-corrected chi connectivity index (χ4v) is 4.05. The maximum absolute atomic E-state index is 12.8. The number of nitrogens with one attached hydrogen (secondary N) is 2. The van der Waals surface area contributed by atoms with E-state index in [9.17, 15) is 9.90 Å². The molecule has 1 amide bonds. The van der Waals surface area contributed by atoms with Gasteiger partial charge in [0, 0.05) is 24.2 Å². The first-order valence-corrected chi connectivity index (χ1v) is 11.0. The van der Waals surface area contributed by atoms with Crippen LogP contribution in [0, 0.1) is 0 Å². The van der Waals surface area contributed by atoms with Gasteiger partial charge in [-0.3, -0.25) is 4.79 Å². The molecule has 32 heavy (non-hydrogen) atoms. The third-order valence-electron chi connectivity index (χ3n) is 5.92. The highest BCUT2D eigenvalue weighted by Crippen LogP contribution is 2.40. The number of amides is 1. The van der Waals surface area contributed by atoms with Crippen molar-refractivity contribution in [3.05, 3.63) is 101 Å². The molecular formula is C27H30N2O3. The predicted molar refractivity (Wildman–Crippen MR) is 126 cm³/mol. The number of carbonyl (C=O) groups is 1. The van der Waals surface area contributed by atoms with E-state index in [-0.39, 0.29) is 11.9 Å². The number of fused-ring (bicyclic) bond motifs is 1. The minimum absolute atomic E-state index is 0.134. The normalized spacial score (nSPS) is 19.0. The van der Waals surface area contributed by atoms with Crippen molar-refractivity contribution in [1.29, 1.82) is 0 Å². The quantitative estimate of drug-likeness (QED) is 0.530. The van der Waals surface area contributed by atoms with Gasteiger partial charge in [0.05, 0.1) is 6.04 Å². The standard InChI is InChI=1S/C27H30N2O3/c1-27(2)25(30)24(29-18-20-11-7-4-8-12-20)22-17-21(13-14-23(22)32-27)26(31)28-16-15-19-9-5-3-6-10-19/h3-14,17,24-25,29-30H,15-16,18H2,1-2H3,(H,28,31)/t24-,25+/m1/s1. The summed E-state index contributed by atoms with van der Waals surface area (Å²) in [5.41, 5.74) is 2.91. The first kappa shape index (κ1) is 22.1. The molecule has 3 aromatic carbocycles. The van der Waals surface area contributed by atoms with E-state index >= 15 is 0 Å². The number of rotatable bonds is 7. The van der Waals surface area contributed by atoms with Crippen LogP contribution in [-0.4, -0.2) is 29.3 Å². The first-order chi connectivity index (χ1) is 15.4. The lowest BCUT2D eigenvalue weighted by atomic mass is 9.85. The first-order valence-electron chi connectivity index (χ1n) is 11.0. The Morgan fingerprint density at radius 3 is 2.31 bits per heavy atom. The van der Waals surface area contributed by atoms with Gasteiger partial charge in [-0.2, -0.15) is 0 Å². The number of aliphatic hydroxyl groups excluding tert-OH is 1. The van der Waals surface area contributed by atoms with Gasteiger partial charge in [0.1, 0.15) is 17.5 Å².